The summed E-state index contributed by atoms with van der Waals surface area (Å²) in [4.78, 5) is 15.2. The van der Waals surface area contributed by atoms with Crippen molar-refractivity contribution in [2.75, 3.05) is 0 Å². The van der Waals surface area contributed by atoms with E-state index in [0.29, 0.717) is 10.2 Å². The Morgan fingerprint density at radius 1 is 1.47 bits per heavy atom. The first-order valence-electron chi connectivity index (χ1n) is 5.42. The molecule has 0 fully saturated rings. The number of rotatable bonds is 2. The van der Waals surface area contributed by atoms with Gasteiger partial charge in [0.1, 0.15) is 0 Å². The van der Waals surface area contributed by atoms with Gasteiger partial charge in [-0.2, -0.15) is 9.78 Å². The van der Waals surface area contributed by atoms with Crippen LogP contribution in [0.15, 0.2) is 34.2 Å². The summed E-state index contributed by atoms with van der Waals surface area (Å²) in [6.07, 6.45) is 0.786. The van der Waals surface area contributed by atoms with Crippen molar-refractivity contribution in [2.24, 2.45) is 5.10 Å². The molecule has 0 aliphatic heterocycles. The van der Waals surface area contributed by atoms with E-state index in [1.165, 1.54) is 4.68 Å². The van der Waals surface area contributed by atoms with Gasteiger partial charge in [-0.3, -0.25) is 4.79 Å². The topological polar surface area (TPSA) is 50.1 Å². The van der Waals surface area contributed by atoms with E-state index in [-0.39, 0.29) is 5.56 Å². The van der Waals surface area contributed by atoms with Crippen LogP contribution in [-0.2, 0) is 0 Å². The molecule has 0 aliphatic carbocycles. The van der Waals surface area contributed by atoms with Crippen LogP contribution in [0.1, 0.15) is 20.3 Å². The van der Waals surface area contributed by atoms with E-state index in [9.17, 15) is 4.79 Å². The van der Waals surface area contributed by atoms with Crippen molar-refractivity contribution >= 4 is 28.8 Å². The normalized spacial score (nSPS) is 12.0. The molecule has 5 heteroatoms. The number of hydrogen-bond donors (Lipinski definition) is 1. The Morgan fingerprint density at radius 2 is 2.18 bits per heavy atom. The second-order valence-corrected chi connectivity index (χ2v) is 4.17. The summed E-state index contributed by atoms with van der Waals surface area (Å²) in [5.74, 6) is 0. The maximum Gasteiger partial charge on any atom is 0.282 e. The molecule has 88 valence electrons. The van der Waals surface area contributed by atoms with Gasteiger partial charge in [0.05, 0.1) is 10.9 Å². The number of aromatic amines is 1. The Hall–Kier alpha value is -1.75. The molecule has 0 radical (unpaired) electrons. The molecule has 0 saturated carbocycles. The summed E-state index contributed by atoms with van der Waals surface area (Å²) in [7, 11) is 0. The first kappa shape index (κ1) is 11.7. The molecular weight excluding hydrogens is 234 g/mol. The summed E-state index contributed by atoms with van der Waals surface area (Å²) < 4.78 is 1.57. The Kier molecular flexibility index (Phi) is 3.19. The second kappa shape index (κ2) is 4.63. The Labute approximate surface area is 104 Å². The van der Waals surface area contributed by atoms with Gasteiger partial charge in [0.2, 0.25) is 4.77 Å². The molecule has 0 atom stereocenters. The predicted octanol–water partition coefficient (Wildman–Crippen LogP) is 2.69. The highest BCUT2D eigenvalue weighted by Crippen LogP contribution is 2.05. The fourth-order valence-corrected chi connectivity index (χ4v) is 1.72. The fraction of sp³-hybridized carbons (Fsp3) is 0.250. The Morgan fingerprint density at radius 3 is 2.88 bits per heavy atom. The van der Waals surface area contributed by atoms with Gasteiger partial charge in [-0.15, -0.1) is 0 Å². The van der Waals surface area contributed by atoms with E-state index < -0.39 is 0 Å². The number of aromatic nitrogens is 2. The van der Waals surface area contributed by atoms with E-state index in [1.54, 1.807) is 6.07 Å². The van der Waals surface area contributed by atoms with E-state index >= 15 is 0 Å². The first-order chi connectivity index (χ1) is 8.13. The molecular formula is C12H13N3OS. The standard InChI is InChI=1S/C12H13N3OS/c1-3-8(2)14-15-11(16)9-6-4-5-7-10(9)13-12(15)17/h4-7H,3H2,1-2H3,(H,13,17)/b14-8+. The molecule has 1 N–H and O–H groups in total. The Balaban J connectivity index is 2.82. The highest BCUT2D eigenvalue weighted by atomic mass is 32.1. The van der Waals surface area contributed by atoms with Crippen molar-refractivity contribution in [3.8, 4) is 0 Å². The molecule has 0 unspecified atom stereocenters. The number of hydrogen-bond acceptors (Lipinski definition) is 3. The molecule has 2 rings (SSSR count). The zero-order chi connectivity index (χ0) is 12.4. The minimum atomic E-state index is -0.183. The molecule has 0 saturated heterocycles. The van der Waals surface area contributed by atoms with Gasteiger partial charge in [-0.1, -0.05) is 19.1 Å². The maximum atomic E-state index is 12.2. The highest BCUT2D eigenvalue weighted by Gasteiger charge is 2.03. The van der Waals surface area contributed by atoms with Crippen LogP contribution in [0.5, 0.6) is 0 Å². The van der Waals surface area contributed by atoms with Crippen LogP contribution in [0, 0.1) is 4.77 Å². The molecule has 1 aromatic carbocycles. The molecule has 1 heterocycles. The van der Waals surface area contributed by atoms with Gasteiger partial charge < -0.3 is 4.98 Å². The average molecular weight is 247 g/mol. The minimum Gasteiger partial charge on any atom is -0.330 e. The van der Waals surface area contributed by atoms with Crippen LogP contribution >= 0.6 is 12.2 Å². The summed E-state index contributed by atoms with van der Waals surface area (Å²) in [5.41, 5.74) is 1.42. The van der Waals surface area contributed by atoms with Gasteiger partial charge in [0.15, 0.2) is 0 Å². The molecule has 1 aromatic heterocycles. The largest absolute Gasteiger partial charge is 0.330 e. The zero-order valence-corrected chi connectivity index (χ0v) is 10.5. The smallest absolute Gasteiger partial charge is 0.282 e. The number of fused-ring (bicyclic) bond motifs is 1. The zero-order valence-electron chi connectivity index (χ0n) is 9.73. The van der Waals surface area contributed by atoms with Crippen molar-refractivity contribution in [2.45, 2.75) is 20.3 Å². The van der Waals surface area contributed by atoms with Crippen LogP contribution in [-0.4, -0.2) is 15.4 Å². The number of para-hydroxylation sites is 1. The van der Waals surface area contributed by atoms with Gasteiger partial charge in [0, 0.05) is 5.71 Å². The summed E-state index contributed by atoms with van der Waals surface area (Å²) in [6.45, 7) is 3.86. The van der Waals surface area contributed by atoms with Crippen molar-refractivity contribution in [3.63, 3.8) is 0 Å². The number of benzene rings is 1. The van der Waals surface area contributed by atoms with Crippen molar-refractivity contribution in [1.82, 2.24) is 9.66 Å². The summed E-state index contributed by atoms with van der Waals surface area (Å²) in [6, 6.07) is 7.27. The average Bonchev–Trinajstić information content (AvgIpc) is 2.34. The van der Waals surface area contributed by atoms with Crippen LogP contribution in [0.25, 0.3) is 10.9 Å². The quantitative estimate of drug-likeness (QED) is 0.655. The fourth-order valence-electron chi connectivity index (χ4n) is 1.49. The van der Waals surface area contributed by atoms with Crippen molar-refractivity contribution < 1.29 is 0 Å². The number of H-pyrrole nitrogens is 1. The molecule has 2 aromatic rings. The van der Waals surface area contributed by atoms with E-state index in [1.807, 2.05) is 32.0 Å². The van der Waals surface area contributed by atoms with E-state index in [0.717, 1.165) is 17.6 Å². The first-order valence-corrected chi connectivity index (χ1v) is 5.83. The minimum absolute atomic E-state index is 0.183. The van der Waals surface area contributed by atoms with Gasteiger partial charge in [0.25, 0.3) is 5.56 Å². The molecule has 0 bridgehead atoms. The molecule has 17 heavy (non-hydrogen) atoms. The molecule has 0 aliphatic rings. The summed E-state index contributed by atoms with van der Waals surface area (Å²) in [5, 5.41) is 4.80. The monoisotopic (exact) mass is 247 g/mol. The van der Waals surface area contributed by atoms with E-state index in [2.05, 4.69) is 10.1 Å². The van der Waals surface area contributed by atoms with Crippen LogP contribution < -0.4 is 5.56 Å². The second-order valence-electron chi connectivity index (χ2n) is 3.78. The van der Waals surface area contributed by atoms with E-state index in [4.69, 9.17) is 12.2 Å². The molecule has 0 spiro atoms. The third kappa shape index (κ3) is 2.19. The van der Waals surface area contributed by atoms with Crippen LogP contribution in [0.4, 0.5) is 0 Å². The lowest BCUT2D eigenvalue weighted by Gasteiger charge is -2.03. The lowest BCUT2D eigenvalue weighted by molar-refractivity contribution is 0.789. The molecule has 0 amide bonds. The van der Waals surface area contributed by atoms with Gasteiger partial charge in [-0.25, -0.2) is 0 Å². The third-order valence-electron chi connectivity index (χ3n) is 2.57. The maximum absolute atomic E-state index is 12.2. The van der Waals surface area contributed by atoms with Gasteiger partial charge >= 0.3 is 0 Å². The lowest BCUT2D eigenvalue weighted by Crippen LogP contribution is -2.19. The predicted molar refractivity (Wildman–Crippen MR) is 72.2 cm³/mol. The Bertz CT molecular complexity index is 697. The van der Waals surface area contributed by atoms with Crippen molar-refractivity contribution in [3.05, 3.63) is 39.4 Å². The number of nitrogens with one attached hydrogen (secondary N) is 1. The van der Waals surface area contributed by atoms with Crippen LogP contribution in [0.2, 0.25) is 0 Å². The third-order valence-corrected chi connectivity index (χ3v) is 2.84. The van der Waals surface area contributed by atoms with Gasteiger partial charge in [-0.05, 0) is 37.7 Å². The highest BCUT2D eigenvalue weighted by molar-refractivity contribution is 7.71. The number of nitrogens with zero attached hydrogens (tertiary/aromatic N) is 2. The summed E-state index contributed by atoms with van der Waals surface area (Å²) >= 11 is 5.13. The van der Waals surface area contributed by atoms with Crippen molar-refractivity contribution in [1.29, 1.82) is 0 Å². The van der Waals surface area contributed by atoms with Crippen LogP contribution in [0.3, 0.4) is 0 Å². The SMILES string of the molecule is CC/C(C)=N/n1c(=S)[nH]c2ccccc2c1=O. The lowest BCUT2D eigenvalue weighted by atomic mass is 10.2. The molecule has 4 nitrogen and oxygen atoms in total.